The fourth-order valence-corrected chi connectivity index (χ4v) is 1.10. The quantitative estimate of drug-likeness (QED) is 0.713. The van der Waals surface area contributed by atoms with Crippen molar-refractivity contribution in [3.63, 3.8) is 0 Å². The maximum Gasteiger partial charge on any atom is 0.213 e. The van der Waals surface area contributed by atoms with Gasteiger partial charge >= 0.3 is 0 Å². The van der Waals surface area contributed by atoms with E-state index in [1.807, 2.05) is 13.0 Å². The van der Waals surface area contributed by atoms with Crippen molar-refractivity contribution in [1.29, 1.82) is 0 Å². The molecule has 0 aliphatic heterocycles. The van der Waals surface area contributed by atoms with E-state index in [1.54, 1.807) is 13.2 Å². The van der Waals surface area contributed by atoms with Crippen LogP contribution in [0.3, 0.4) is 0 Å². The molecule has 14 heavy (non-hydrogen) atoms. The Morgan fingerprint density at radius 2 is 2.14 bits per heavy atom. The molecule has 1 heterocycles. The van der Waals surface area contributed by atoms with Crippen LogP contribution in [0.5, 0.6) is 5.88 Å². The summed E-state index contributed by atoms with van der Waals surface area (Å²) in [5, 5.41) is 8.95. The summed E-state index contributed by atoms with van der Waals surface area (Å²) in [5.41, 5.74) is 1.65. The van der Waals surface area contributed by atoms with Gasteiger partial charge in [0.05, 0.1) is 13.2 Å². The molecule has 0 atom stereocenters. The van der Waals surface area contributed by atoms with E-state index >= 15 is 0 Å². The van der Waals surface area contributed by atoms with Gasteiger partial charge in [0.2, 0.25) is 5.88 Å². The summed E-state index contributed by atoms with van der Waals surface area (Å²) < 4.78 is 10.2. The summed E-state index contributed by atoms with van der Waals surface area (Å²) in [5.74, 6) is 0.533. The number of aromatic nitrogens is 1. The summed E-state index contributed by atoms with van der Waals surface area (Å²) in [7, 11) is 1.62. The van der Waals surface area contributed by atoms with Crippen LogP contribution in [-0.4, -0.2) is 30.4 Å². The molecule has 0 aliphatic rings. The van der Waals surface area contributed by atoms with Gasteiger partial charge in [0, 0.05) is 18.9 Å². The number of hydrogen-bond donors (Lipinski definition) is 1. The predicted octanol–water partition coefficient (Wildman–Crippen LogP) is 0.908. The molecule has 78 valence electrons. The molecular formula is C10H15NO3. The highest BCUT2D eigenvalue weighted by Crippen LogP contribution is 2.12. The molecule has 0 aromatic carbocycles. The van der Waals surface area contributed by atoms with Gasteiger partial charge in [-0.15, -0.1) is 0 Å². The Morgan fingerprint density at radius 3 is 2.79 bits per heavy atom. The highest BCUT2D eigenvalue weighted by molar-refractivity contribution is 5.23. The van der Waals surface area contributed by atoms with Crippen molar-refractivity contribution in [2.24, 2.45) is 0 Å². The molecule has 1 rings (SSSR count). The van der Waals surface area contributed by atoms with Crippen LogP contribution in [0.1, 0.15) is 11.3 Å². The lowest BCUT2D eigenvalue weighted by Gasteiger charge is -2.06. The third-order valence-corrected chi connectivity index (χ3v) is 1.71. The molecule has 0 unspecified atom stereocenters. The summed E-state index contributed by atoms with van der Waals surface area (Å²) in [6.07, 6.45) is 0. The van der Waals surface area contributed by atoms with Crippen LogP contribution in [0.15, 0.2) is 12.1 Å². The minimum Gasteiger partial charge on any atom is -0.475 e. The van der Waals surface area contributed by atoms with Crippen molar-refractivity contribution in [3.05, 3.63) is 23.4 Å². The molecule has 1 N–H and O–H groups in total. The van der Waals surface area contributed by atoms with Gasteiger partial charge in [-0.05, 0) is 18.6 Å². The van der Waals surface area contributed by atoms with Crippen LogP contribution in [0, 0.1) is 6.92 Å². The molecule has 0 saturated carbocycles. The topological polar surface area (TPSA) is 51.6 Å². The zero-order valence-electron chi connectivity index (χ0n) is 8.49. The minimum atomic E-state index is 0.00397. The number of hydrogen-bond acceptors (Lipinski definition) is 4. The number of aryl methyl sites for hydroxylation is 1. The van der Waals surface area contributed by atoms with Crippen LogP contribution in [0.4, 0.5) is 0 Å². The van der Waals surface area contributed by atoms with Gasteiger partial charge in [0.25, 0.3) is 0 Å². The van der Waals surface area contributed by atoms with E-state index in [4.69, 9.17) is 14.6 Å². The smallest absolute Gasteiger partial charge is 0.213 e. The first kappa shape index (κ1) is 10.9. The molecule has 0 radical (unpaired) electrons. The zero-order valence-corrected chi connectivity index (χ0v) is 8.49. The first-order valence-corrected chi connectivity index (χ1v) is 4.46. The molecule has 0 aliphatic carbocycles. The Bertz CT molecular complexity index is 289. The lowest BCUT2D eigenvalue weighted by Crippen LogP contribution is -2.06. The summed E-state index contributed by atoms with van der Waals surface area (Å²) >= 11 is 0. The number of pyridine rings is 1. The second-order valence-electron chi connectivity index (χ2n) is 2.95. The highest BCUT2D eigenvalue weighted by atomic mass is 16.5. The zero-order chi connectivity index (χ0) is 10.4. The lowest BCUT2D eigenvalue weighted by atomic mass is 10.2. The maximum atomic E-state index is 8.95. The molecule has 0 fully saturated rings. The molecule has 1 aromatic rings. The second-order valence-corrected chi connectivity index (χ2v) is 2.95. The standard InChI is InChI=1S/C10H15NO3/c1-8-5-9(7-12)6-10(11-8)14-4-3-13-2/h5-6,12H,3-4,7H2,1-2H3. The van der Waals surface area contributed by atoms with Gasteiger partial charge < -0.3 is 14.6 Å². The summed E-state index contributed by atoms with van der Waals surface area (Å²) in [4.78, 5) is 4.16. The third kappa shape index (κ3) is 3.32. The Kier molecular flexibility index (Phi) is 4.35. The van der Waals surface area contributed by atoms with Crippen LogP contribution in [-0.2, 0) is 11.3 Å². The number of ether oxygens (including phenoxy) is 2. The Morgan fingerprint density at radius 1 is 1.36 bits per heavy atom. The average molecular weight is 197 g/mol. The van der Waals surface area contributed by atoms with Crippen LogP contribution < -0.4 is 4.74 Å². The maximum absolute atomic E-state index is 8.95. The minimum absolute atomic E-state index is 0.00397. The highest BCUT2D eigenvalue weighted by Gasteiger charge is 2.00. The number of rotatable bonds is 5. The third-order valence-electron chi connectivity index (χ3n) is 1.71. The molecular weight excluding hydrogens is 182 g/mol. The predicted molar refractivity (Wildman–Crippen MR) is 52.3 cm³/mol. The largest absolute Gasteiger partial charge is 0.475 e. The normalized spacial score (nSPS) is 10.2. The Labute approximate surface area is 83.5 Å². The van der Waals surface area contributed by atoms with Gasteiger partial charge in [0.15, 0.2) is 0 Å². The molecule has 0 saturated heterocycles. The van der Waals surface area contributed by atoms with Crippen LogP contribution >= 0.6 is 0 Å². The molecule has 0 spiro atoms. The van der Waals surface area contributed by atoms with Crippen LogP contribution in [0.25, 0.3) is 0 Å². The van der Waals surface area contributed by atoms with Crippen molar-refractivity contribution in [1.82, 2.24) is 4.98 Å². The SMILES string of the molecule is COCCOc1cc(CO)cc(C)n1. The number of aliphatic hydroxyl groups excluding tert-OH is 1. The van der Waals surface area contributed by atoms with E-state index in [2.05, 4.69) is 4.98 Å². The fraction of sp³-hybridized carbons (Fsp3) is 0.500. The van der Waals surface area contributed by atoms with E-state index in [1.165, 1.54) is 0 Å². The van der Waals surface area contributed by atoms with Gasteiger partial charge in [-0.3, -0.25) is 0 Å². The monoisotopic (exact) mass is 197 g/mol. The Balaban J connectivity index is 2.62. The van der Waals surface area contributed by atoms with Crippen molar-refractivity contribution in [2.75, 3.05) is 20.3 Å². The van der Waals surface area contributed by atoms with Gasteiger partial charge in [-0.2, -0.15) is 0 Å². The van der Waals surface area contributed by atoms with Crippen molar-refractivity contribution < 1.29 is 14.6 Å². The number of nitrogens with zero attached hydrogens (tertiary/aromatic N) is 1. The first-order chi connectivity index (χ1) is 6.76. The first-order valence-electron chi connectivity index (χ1n) is 4.46. The van der Waals surface area contributed by atoms with Crippen molar-refractivity contribution in [3.8, 4) is 5.88 Å². The van der Waals surface area contributed by atoms with E-state index in [0.29, 0.717) is 19.1 Å². The van der Waals surface area contributed by atoms with E-state index in [9.17, 15) is 0 Å². The van der Waals surface area contributed by atoms with Gasteiger partial charge in [0.1, 0.15) is 6.61 Å². The molecule has 4 heteroatoms. The molecule has 1 aromatic heterocycles. The van der Waals surface area contributed by atoms with Crippen molar-refractivity contribution in [2.45, 2.75) is 13.5 Å². The average Bonchev–Trinajstić information content (AvgIpc) is 2.17. The Hall–Kier alpha value is -1.13. The second kappa shape index (κ2) is 5.57. The van der Waals surface area contributed by atoms with E-state index in [-0.39, 0.29) is 6.61 Å². The van der Waals surface area contributed by atoms with Crippen LogP contribution in [0.2, 0.25) is 0 Å². The molecule has 4 nitrogen and oxygen atoms in total. The number of methoxy groups -OCH3 is 1. The molecule has 0 bridgehead atoms. The van der Waals surface area contributed by atoms with Gasteiger partial charge in [-0.25, -0.2) is 4.98 Å². The van der Waals surface area contributed by atoms with E-state index in [0.717, 1.165) is 11.3 Å². The molecule has 0 amide bonds. The van der Waals surface area contributed by atoms with E-state index < -0.39 is 0 Å². The van der Waals surface area contributed by atoms with Gasteiger partial charge in [-0.1, -0.05) is 0 Å². The summed E-state index contributed by atoms with van der Waals surface area (Å²) in [6.45, 7) is 2.87. The summed E-state index contributed by atoms with van der Waals surface area (Å²) in [6, 6.07) is 3.55. The van der Waals surface area contributed by atoms with Crippen molar-refractivity contribution >= 4 is 0 Å². The fourth-order valence-electron chi connectivity index (χ4n) is 1.10. The number of aliphatic hydroxyl groups is 1. The lowest BCUT2D eigenvalue weighted by molar-refractivity contribution is 0.143.